The molecule has 1 rings (SSSR count). The predicted octanol–water partition coefficient (Wildman–Crippen LogP) is 1.10. The van der Waals surface area contributed by atoms with Gasteiger partial charge < -0.3 is 15.8 Å². The molecule has 18 heavy (non-hydrogen) atoms. The van der Waals surface area contributed by atoms with Crippen molar-refractivity contribution in [2.45, 2.75) is 25.8 Å². The summed E-state index contributed by atoms with van der Waals surface area (Å²) in [4.78, 5) is 11.5. The van der Waals surface area contributed by atoms with Crippen LogP contribution in [0.3, 0.4) is 0 Å². The summed E-state index contributed by atoms with van der Waals surface area (Å²) in [6, 6.07) is 10.0. The number of carbonyl (C=O) groups is 1. The van der Waals surface area contributed by atoms with Gasteiger partial charge in [0.25, 0.3) is 0 Å². The van der Waals surface area contributed by atoms with Crippen molar-refractivity contribution in [3.05, 3.63) is 35.9 Å². The lowest BCUT2D eigenvalue weighted by atomic mass is 10.1. The molecule has 100 valence electrons. The fourth-order valence-electron chi connectivity index (χ4n) is 1.46. The molecule has 0 aliphatic rings. The van der Waals surface area contributed by atoms with Crippen LogP contribution in [0.25, 0.3) is 0 Å². The maximum atomic E-state index is 11.5. The van der Waals surface area contributed by atoms with E-state index in [2.05, 4.69) is 5.32 Å². The van der Waals surface area contributed by atoms with E-state index < -0.39 is 0 Å². The van der Waals surface area contributed by atoms with E-state index in [9.17, 15) is 4.79 Å². The average molecular weight is 250 g/mol. The van der Waals surface area contributed by atoms with Crippen molar-refractivity contribution in [2.75, 3.05) is 19.8 Å². The van der Waals surface area contributed by atoms with E-state index in [4.69, 9.17) is 10.5 Å². The molecule has 0 aliphatic carbocycles. The Hall–Kier alpha value is -1.39. The molecule has 0 radical (unpaired) electrons. The number of carbonyl (C=O) groups excluding carboxylic acids is 1. The highest BCUT2D eigenvalue weighted by Gasteiger charge is 2.17. The second-order valence-electron chi connectivity index (χ2n) is 4.92. The van der Waals surface area contributed by atoms with Crippen LogP contribution in [0, 0.1) is 0 Å². The minimum atomic E-state index is -0.375. The van der Waals surface area contributed by atoms with E-state index in [1.165, 1.54) is 5.56 Å². The summed E-state index contributed by atoms with van der Waals surface area (Å²) in [7, 11) is 0. The highest BCUT2D eigenvalue weighted by Crippen LogP contribution is 2.00. The molecular formula is C14H22N2O2. The van der Waals surface area contributed by atoms with Crippen LogP contribution in [0.2, 0.25) is 0 Å². The monoisotopic (exact) mass is 250 g/mol. The summed E-state index contributed by atoms with van der Waals surface area (Å²) in [5, 5.41) is 2.82. The van der Waals surface area contributed by atoms with Crippen LogP contribution in [0.15, 0.2) is 30.3 Å². The van der Waals surface area contributed by atoms with Gasteiger partial charge in [0.05, 0.1) is 6.61 Å². The van der Waals surface area contributed by atoms with Crippen LogP contribution in [-0.2, 0) is 16.0 Å². The van der Waals surface area contributed by atoms with Gasteiger partial charge >= 0.3 is 0 Å². The number of benzene rings is 1. The molecule has 0 aromatic heterocycles. The van der Waals surface area contributed by atoms with Gasteiger partial charge in [0.2, 0.25) is 5.91 Å². The molecule has 4 nitrogen and oxygen atoms in total. The highest BCUT2D eigenvalue weighted by atomic mass is 16.5. The molecule has 0 spiro atoms. The Morgan fingerprint density at radius 2 is 2.00 bits per heavy atom. The Morgan fingerprint density at radius 3 is 2.61 bits per heavy atom. The van der Waals surface area contributed by atoms with Gasteiger partial charge in [0.15, 0.2) is 0 Å². The van der Waals surface area contributed by atoms with Crippen LogP contribution in [0.4, 0.5) is 0 Å². The molecule has 1 amide bonds. The standard InChI is InChI=1S/C14H22N2O2/c1-14(2,11-15)16-13(17)10-18-9-8-12-6-4-3-5-7-12/h3-7H,8-11,15H2,1-2H3,(H,16,17). The summed E-state index contributed by atoms with van der Waals surface area (Å²) < 4.78 is 5.34. The number of nitrogens with two attached hydrogens (primary N) is 1. The van der Waals surface area contributed by atoms with Gasteiger partial charge in [-0.15, -0.1) is 0 Å². The number of hydrogen-bond acceptors (Lipinski definition) is 3. The molecular weight excluding hydrogens is 228 g/mol. The third-order valence-corrected chi connectivity index (χ3v) is 2.60. The minimum Gasteiger partial charge on any atom is -0.371 e. The average Bonchev–Trinajstić information content (AvgIpc) is 2.35. The van der Waals surface area contributed by atoms with E-state index in [0.717, 1.165) is 6.42 Å². The van der Waals surface area contributed by atoms with Gasteiger partial charge in [-0.1, -0.05) is 30.3 Å². The lowest BCUT2D eigenvalue weighted by molar-refractivity contribution is -0.127. The number of amides is 1. The first-order chi connectivity index (χ1) is 8.53. The molecule has 0 aliphatic heterocycles. The summed E-state index contributed by atoms with van der Waals surface area (Å²) in [6.45, 7) is 4.79. The van der Waals surface area contributed by atoms with Crippen molar-refractivity contribution < 1.29 is 9.53 Å². The third-order valence-electron chi connectivity index (χ3n) is 2.60. The van der Waals surface area contributed by atoms with Crippen molar-refractivity contribution >= 4 is 5.91 Å². The van der Waals surface area contributed by atoms with Crippen LogP contribution in [-0.4, -0.2) is 31.2 Å². The van der Waals surface area contributed by atoms with Crippen molar-refractivity contribution in [1.82, 2.24) is 5.32 Å². The van der Waals surface area contributed by atoms with Crippen molar-refractivity contribution in [3.63, 3.8) is 0 Å². The molecule has 0 saturated heterocycles. The first kappa shape index (κ1) is 14.7. The Morgan fingerprint density at radius 1 is 1.33 bits per heavy atom. The molecule has 4 heteroatoms. The number of nitrogens with one attached hydrogen (secondary N) is 1. The second-order valence-corrected chi connectivity index (χ2v) is 4.92. The zero-order chi connectivity index (χ0) is 13.4. The summed E-state index contributed by atoms with van der Waals surface area (Å²) in [5.74, 6) is -0.126. The van der Waals surface area contributed by atoms with E-state index in [1.54, 1.807) is 0 Å². The van der Waals surface area contributed by atoms with Gasteiger partial charge in [-0.2, -0.15) is 0 Å². The molecule has 0 fully saturated rings. The molecule has 0 heterocycles. The first-order valence-corrected chi connectivity index (χ1v) is 6.16. The van der Waals surface area contributed by atoms with Gasteiger partial charge in [-0.05, 0) is 25.8 Å². The smallest absolute Gasteiger partial charge is 0.246 e. The lowest BCUT2D eigenvalue weighted by Gasteiger charge is -2.24. The van der Waals surface area contributed by atoms with E-state index in [0.29, 0.717) is 13.2 Å². The molecule has 1 aromatic carbocycles. The van der Waals surface area contributed by atoms with E-state index >= 15 is 0 Å². The largest absolute Gasteiger partial charge is 0.371 e. The Balaban J connectivity index is 2.17. The SMILES string of the molecule is CC(C)(CN)NC(=O)COCCc1ccccc1. The molecule has 1 aromatic rings. The highest BCUT2D eigenvalue weighted by molar-refractivity contribution is 5.77. The number of ether oxygens (including phenoxy) is 1. The first-order valence-electron chi connectivity index (χ1n) is 6.16. The summed E-state index contributed by atoms with van der Waals surface area (Å²) >= 11 is 0. The normalized spacial score (nSPS) is 11.3. The zero-order valence-corrected chi connectivity index (χ0v) is 11.1. The van der Waals surface area contributed by atoms with Crippen LogP contribution in [0.5, 0.6) is 0 Å². The molecule has 0 unspecified atom stereocenters. The quantitative estimate of drug-likeness (QED) is 0.712. The Bertz CT molecular complexity index is 363. The van der Waals surface area contributed by atoms with Crippen molar-refractivity contribution in [1.29, 1.82) is 0 Å². The Kier molecular flexibility index (Phi) is 5.82. The van der Waals surface area contributed by atoms with Crippen molar-refractivity contribution in [3.8, 4) is 0 Å². The van der Waals surface area contributed by atoms with Crippen LogP contribution in [0.1, 0.15) is 19.4 Å². The summed E-state index contributed by atoms with van der Waals surface area (Å²) in [6.07, 6.45) is 0.814. The fraction of sp³-hybridized carbons (Fsp3) is 0.500. The predicted molar refractivity (Wildman–Crippen MR) is 72.2 cm³/mol. The summed E-state index contributed by atoms with van der Waals surface area (Å²) in [5.41, 5.74) is 6.36. The number of hydrogen-bond donors (Lipinski definition) is 2. The van der Waals surface area contributed by atoms with Crippen molar-refractivity contribution in [2.24, 2.45) is 5.73 Å². The molecule has 0 atom stereocenters. The Labute approximate surface area is 109 Å². The van der Waals surface area contributed by atoms with Gasteiger partial charge in [0.1, 0.15) is 6.61 Å². The number of rotatable bonds is 7. The maximum absolute atomic E-state index is 11.5. The zero-order valence-electron chi connectivity index (χ0n) is 11.1. The second kappa shape index (κ2) is 7.13. The lowest BCUT2D eigenvalue weighted by Crippen LogP contribution is -2.50. The van der Waals surface area contributed by atoms with Crippen LogP contribution < -0.4 is 11.1 Å². The van der Waals surface area contributed by atoms with Gasteiger partial charge in [-0.25, -0.2) is 0 Å². The minimum absolute atomic E-state index is 0.0796. The topological polar surface area (TPSA) is 64.3 Å². The van der Waals surface area contributed by atoms with E-state index in [1.807, 2.05) is 44.2 Å². The molecule has 0 saturated carbocycles. The fourth-order valence-corrected chi connectivity index (χ4v) is 1.46. The van der Waals surface area contributed by atoms with E-state index in [-0.39, 0.29) is 18.1 Å². The maximum Gasteiger partial charge on any atom is 0.246 e. The third kappa shape index (κ3) is 5.80. The molecule has 0 bridgehead atoms. The molecule has 3 N–H and O–H groups in total. The van der Waals surface area contributed by atoms with Gasteiger partial charge in [0, 0.05) is 12.1 Å². The van der Waals surface area contributed by atoms with Crippen LogP contribution >= 0.6 is 0 Å². The van der Waals surface area contributed by atoms with Gasteiger partial charge in [-0.3, -0.25) is 4.79 Å².